The third-order valence-electron chi connectivity index (χ3n) is 2.93. The maximum absolute atomic E-state index is 11.7. The molecule has 0 spiro atoms. The largest absolute Gasteiger partial charge is 0.387 e. The summed E-state index contributed by atoms with van der Waals surface area (Å²) in [7, 11) is 0. The molecule has 1 unspecified atom stereocenters. The fourth-order valence-corrected chi connectivity index (χ4v) is 1.95. The van der Waals surface area contributed by atoms with E-state index in [1.54, 1.807) is 6.08 Å². The summed E-state index contributed by atoms with van der Waals surface area (Å²) in [4.78, 5) is 11.7. The fourth-order valence-electron chi connectivity index (χ4n) is 1.24. The van der Waals surface area contributed by atoms with Gasteiger partial charge in [0.1, 0.15) is 0 Å². The van der Waals surface area contributed by atoms with Gasteiger partial charge in [-0.15, -0.1) is 0 Å². The van der Waals surface area contributed by atoms with Gasteiger partial charge < -0.3 is 10.4 Å². The minimum Gasteiger partial charge on any atom is -0.387 e. The number of thiophene rings is 1. The number of rotatable bonds is 4. The van der Waals surface area contributed by atoms with Crippen LogP contribution in [0.2, 0.25) is 0 Å². The van der Waals surface area contributed by atoms with Crippen LogP contribution in [0.25, 0.3) is 0 Å². The Labute approximate surface area is 113 Å². The van der Waals surface area contributed by atoms with Gasteiger partial charge in [-0.1, -0.05) is 26.3 Å². The van der Waals surface area contributed by atoms with Crippen LogP contribution in [-0.4, -0.2) is 17.6 Å². The summed E-state index contributed by atoms with van der Waals surface area (Å²) in [5.41, 5.74) is 1.85. The first-order valence-corrected chi connectivity index (χ1v) is 6.92. The summed E-state index contributed by atoms with van der Waals surface area (Å²) in [5, 5.41) is 16.3. The van der Waals surface area contributed by atoms with Crippen molar-refractivity contribution in [3.8, 4) is 0 Å². The van der Waals surface area contributed by atoms with Gasteiger partial charge in [0.2, 0.25) is 5.91 Å². The van der Waals surface area contributed by atoms with Gasteiger partial charge >= 0.3 is 0 Å². The number of carbonyl (C=O) groups excluding carboxylic acids is 1. The van der Waals surface area contributed by atoms with Crippen molar-refractivity contribution < 1.29 is 9.90 Å². The van der Waals surface area contributed by atoms with Gasteiger partial charge in [-0.25, -0.2) is 0 Å². The molecule has 18 heavy (non-hydrogen) atoms. The van der Waals surface area contributed by atoms with E-state index in [1.807, 2.05) is 23.8 Å². The van der Waals surface area contributed by atoms with Crippen LogP contribution in [-0.2, 0) is 4.79 Å². The minimum absolute atomic E-state index is 0.0106. The summed E-state index contributed by atoms with van der Waals surface area (Å²) in [6, 6.07) is 1.86. The predicted molar refractivity (Wildman–Crippen MR) is 75.5 cm³/mol. The molecule has 4 heteroatoms. The standard InChI is InChI=1S/C14H21NO2S/c1-10(14(2,3)4)7-13(17)15-8-12(16)11-5-6-18-9-11/h5-7,9,12,16H,8H2,1-4H3,(H,15,17)/b10-7-. The SMILES string of the molecule is C/C(=C/C(=O)NCC(O)c1ccsc1)C(C)(C)C. The highest BCUT2D eigenvalue weighted by atomic mass is 32.1. The second-order valence-corrected chi connectivity index (χ2v) is 6.18. The van der Waals surface area contributed by atoms with E-state index in [-0.39, 0.29) is 17.9 Å². The zero-order chi connectivity index (χ0) is 13.8. The molecule has 0 aromatic carbocycles. The van der Waals surface area contributed by atoms with Crippen molar-refractivity contribution in [3.63, 3.8) is 0 Å². The van der Waals surface area contributed by atoms with Gasteiger partial charge in [0, 0.05) is 12.6 Å². The lowest BCUT2D eigenvalue weighted by molar-refractivity contribution is -0.117. The molecule has 3 nitrogen and oxygen atoms in total. The number of amides is 1. The van der Waals surface area contributed by atoms with Crippen molar-refractivity contribution in [2.45, 2.75) is 33.8 Å². The van der Waals surface area contributed by atoms with Crippen molar-refractivity contribution in [2.24, 2.45) is 5.41 Å². The van der Waals surface area contributed by atoms with Crippen molar-refractivity contribution in [3.05, 3.63) is 34.0 Å². The molecule has 2 N–H and O–H groups in total. The Morgan fingerprint density at radius 3 is 2.72 bits per heavy atom. The molecule has 100 valence electrons. The number of aliphatic hydroxyl groups excluding tert-OH is 1. The first-order valence-electron chi connectivity index (χ1n) is 5.97. The quantitative estimate of drug-likeness (QED) is 0.824. The number of hydrogen-bond acceptors (Lipinski definition) is 3. The Balaban J connectivity index is 2.47. The number of hydrogen-bond donors (Lipinski definition) is 2. The molecule has 0 bridgehead atoms. The average molecular weight is 267 g/mol. The topological polar surface area (TPSA) is 49.3 Å². The lowest BCUT2D eigenvalue weighted by Crippen LogP contribution is -2.27. The van der Waals surface area contributed by atoms with Crippen LogP contribution in [0.3, 0.4) is 0 Å². The summed E-state index contributed by atoms with van der Waals surface area (Å²) in [5.74, 6) is -0.156. The third-order valence-corrected chi connectivity index (χ3v) is 3.63. The van der Waals surface area contributed by atoms with Crippen LogP contribution < -0.4 is 5.32 Å². The van der Waals surface area contributed by atoms with Crippen LogP contribution in [0.4, 0.5) is 0 Å². The van der Waals surface area contributed by atoms with Crippen molar-refractivity contribution in [1.82, 2.24) is 5.32 Å². The van der Waals surface area contributed by atoms with E-state index in [0.717, 1.165) is 11.1 Å². The van der Waals surface area contributed by atoms with E-state index in [1.165, 1.54) is 11.3 Å². The monoisotopic (exact) mass is 267 g/mol. The van der Waals surface area contributed by atoms with E-state index >= 15 is 0 Å². The highest BCUT2D eigenvalue weighted by Gasteiger charge is 2.14. The molecule has 0 saturated heterocycles. The maximum atomic E-state index is 11.7. The van der Waals surface area contributed by atoms with Crippen molar-refractivity contribution in [2.75, 3.05) is 6.54 Å². The summed E-state index contributed by atoms with van der Waals surface area (Å²) in [6.45, 7) is 8.36. The van der Waals surface area contributed by atoms with Gasteiger partial charge in [0.15, 0.2) is 0 Å². The molecule has 1 amide bonds. The Kier molecular flexibility index (Phi) is 5.11. The average Bonchev–Trinajstić information content (AvgIpc) is 2.77. The highest BCUT2D eigenvalue weighted by molar-refractivity contribution is 7.07. The second-order valence-electron chi connectivity index (χ2n) is 5.39. The molecular formula is C14H21NO2S. The minimum atomic E-state index is -0.636. The van der Waals surface area contributed by atoms with Gasteiger partial charge in [0.25, 0.3) is 0 Å². The molecule has 1 heterocycles. The van der Waals surface area contributed by atoms with Gasteiger partial charge in [-0.2, -0.15) is 11.3 Å². The van der Waals surface area contributed by atoms with Crippen molar-refractivity contribution >= 4 is 17.2 Å². The predicted octanol–water partition coefficient (Wildman–Crippen LogP) is 2.89. The summed E-state index contributed by atoms with van der Waals surface area (Å²) < 4.78 is 0. The van der Waals surface area contributed by atoms with E-state index in [9.17, 15) is 9.90 Å². The van der Waals surface area contributed by atoms with E-state index in [0.29, 0.717) is 0 Å². The zero-order valence-corrected chi connectivity index (χ0v) is 12.2. The van der Waals surface area contributed by atoms with Gasteiger partial charge in [-0.3, -0.25) is 4.79 Å². The first kappa shape index (κ1) is 14.9. The van der Waals surface area contributed by atoms with Gasteiger partial charge in [0.05, 0.1) is 6.10 Å². The number of allylic oxidation sites excluding steroid dienone is 1. The Hall–Kier alpha value is -1.13. The zero-order valence-electron chi connectivity index (χ0n) is 11.4. The maximum Gasteiger partial charge on any atom is 0.244 e. The van der Waals surface area contributed by atoms with Crippen LogP contribution >= 0.6 is 11.3 Å². The molecule has 1 aromatic heterocycles. The molecule has 0 aliphatic heterocycles. The third kappa shape index (κ3) is 4.63. The second kappa shape index (κ2) is 6.16. The molecule has 0 fully saturated rings. The molecule has 0 aliphatic carbocycles. The Morgan fingerprint density at radius 1 is 1.56 bits per heavy atom. The normalized spacial score (nSPS) is 14.4. The number of nitrogens with one attached hydrogen (secondary N) is 1. The molecule has 1 rings (SSSR count). The molecule has 0 saturated carbocycles. The Bertz CT molecular complexity index is 416. The van der Waals surface area contributed by atoms with E-state index in [4.69, 9.17) is 0 Å². The van der Waals surface area contributed by atoms with Crippen molar-refractivity contribution in [1.29, 1.82) is 0 Å². The molecule has 0 aliphatic rings. The number of aliphatic hydroxyl groups is 1. The first-order chi connectivity index (χ1) is 8.30. The summed E-state index contributed by atoms with van der Waals surface area (Å²) >= 11 is 1.53. The fraction of sp³-hybridized carbons (Fsp3) is 0.500. The van der Waals surface area contributed by atoms with Crippen LogP contribution in [0.15, 0.2) is 28.5 Å². The van der Waals surface area contributed by atoms with Crippen LogP contribution in [0, 0.1) is 5.41 Å². The highest BCUT2D eigenvalue weighted by Crippen LogP contribution is 2.23. The molecule has 1 atom stereocenters. The van der Waals surface area contributed by atoms with E-state index in [2.05, 4.69) is 26.1 Å². The molecule has 0 radical (unpaired) electrons. The summed E-state index contributed by atoms with van der Waals surface area (Å²) in [6.07, 6.45) is 0.962. The molecule has 1 aromatic rings. The van der Waals surface area contributed by atoms with Gasteiger partial charge in [-0.05, 0) is 34.7 Å². The van der Waals surface area contributed by atoms with Crippen LogP contribution in [0.1, 0.15) is 39.4 Å². The van der Waals surface area contributed by atoms with Crippen LogP contribution in [0.5, 0.6) is 0 Å². The lowest BCUT2D eigenvalue weighted by atomic mass is 9.87. The Morgan fingerprint density at radius 2 is 2.22 bits per heavy atom. The molecular weight excluding hydrogens is 246 g/mol. The van der Waals surface area contributed by atoms with E-state index < -0.39 is 6.10 Å². The number of carbonyl (C=O) groups is 1. The smallest absolute Gasteiger partial charge is 0.244 e. The lowest BCUT2D eigenvalue weighted by Gasteiger charge is -2.19.